The second-order valence-corrected chi connectivity index (χ2v) is 6.80. The Morgan fingerprint density at radius 3 is 2.74 bits per heavy atom. The van der Waals surface area contributed by atoms with E-state index >= 15 is 0 Å². The van der Waals surface area contributed by atoms with Gasteiger partial charge >= 0.3 is 0 Å². The first-order chi connectivity index (χ1) is 9.06. The summed E-state index contributed by atoms with van der Waals surface area (Å²) in [5, 5.41) is 0. The van der Waals surface area contributed by atoms with E-state index in [1.54, 1.807) is 0 Å². The predicted molar refractivity (Wildman–Crippen MR) is 84.7 cm³/mol. The Morgan fingerprint density at radius 1 is 1.21 bits per heavy atom. The van der Waals surface area contributed by atoms with Gasteiger partial charge in [0.05, 0.1) is 5.69 Å². The van der Waals surface area contributed by atoms with Gasteiger partial charge in [-0.2, -0.15) is 0 Å². The molecule has 2 aliphatic heterocycles. The van der Waals surface area contributed by atoms with Gasteiger partial charge < -0.3 is 10.6 Å². The first kappa shape index (κ1) is 13.3. The summed E-state index contributed by atoms with van der Waals surface area (Å²) in [4.78, 5) is 5.11. The standard InChI is InChI=1S/C15H22BrN3/c1-10-7-15(13(16)8-14(10)17)19-6-5-11-3-4-12(9-19)18(11)2/h7-8,11-12H,3-6,9,17H2,1-2H3. The Morgan fingerprint density at radius 2 is 1.95 bits per heavy atom. The molecule has 4 heteroatoms. The lowest BCUT2D eigenvalue weighted by molar-refractivity contribution is 0.254. The van der Waals surface area contributed by atoms with E-state index in [1.807, 2.05) is 6.07 Å². The van der Waals surface area contributed by atoms with Crippen molar-refractivity contribution < 1.29 is 0 Å². The number of anilines is 2. The maximum Gasteiger partial charge on any atom is 0.0515 e. The van der Waals surface area contributed by atoms with Crippen LogP contribution in [-0.2, 0) is 0 Å². The molecule has 104 valence electrons. The highest BCUT2D eigenvalue weighted by Crippen LogP contribution is 2.35. The van der Waals surface area contributed by atoms with E-state index in [1.165, 1.54) is 30.5 Å². The normalized spacial score (nSPS) is 27.6. The Labute approximate surface area is 123 Å². The highest BCUT2D eigenvalue weighted by atomic mass is 79.9. The summed E-state index contributed by atoms with van der Waals surface area (Å²) in [7, 11) is 2.29. The van der Waals surface area contributed by atoms with E-state index in [9.17, 15) is 0 Å². The summed E-state index contributed by atoms with van der Waals surface area (Å²) < 4.78 is 1.12. The number of hydrogen-bond donors (Lipinski definition) is 1. The Bertz CT molecular complexity index is 489. The van der Waals surface area contributed by atoms with Crippen molar-refractivity contribution in [1.29, 1.82) is 0 Å². The quantitative estimate of drug-likeness (QED) is 0.806. The number of nitrogens with two attached hydrogens (primary N) is 1. The van der Waals surface area contributed by atoms with Crippen LogP contribution in [0.1, 0.15) is 24.8 Å². The molecule has 1 aromatic carbocycles. The van der Waals surface area contributed by atoms with Gasteiger partial charge in [0.1, 0.15) is 0 Å². The van der Waals surface area contributed by atoms with Crippen molar-refractivity contribution in [3.8, 4) is 0 Å². The summed E-state index contributed by atoms with van der Waals surface area (Å²) in [5.74, 6) is 0. The lowest BCUT2D eigenvalue weighted by atomic mass is 10.1. The summed E-state index contributed by atoms with van der Waals surface area (Å²) in [6, 6.07) is 5.75. The molecule has 2 unspecified atom stereocenters. The minimum absolute atomic E-state index is 0.706. The van der Waals surface area contributed by atoms with Gasteiger partial charge in [-0.25, -0.2) is 0 Å². The molecule has 3 nitrogen and oxygen atoms in total. The van der Waals surface area contributed by atoms with Crippen molar-refractivity contribution in [2.75, 3.05) is 30.8 Å². The number of likely N-dealkylation sites (N-methyl/N-ethyl adjacent to an activating group) is 1. The molecule has 1 aromatic rings. The van der Waals surface area contributed by atoms with Crippen LogP contribution in [0.2, 0.25) is 0 Å². The van der Waals surface area contributed by atoms with Crippen molar-refractivity contribution in [3.05, 3.63) is 22.2 Å². The summed E-state index contributed by atoms with van der Waals surface area (Å²) in [5.41, 5.74) is 9.31. The number of aryl methyl sites for hydroxylation is 1. The van der Waals surface area contributed by atoms with Crippen LogP contribution >= 0.6 is 15.9 Å². The van der Waals surface area contributed by atoms with Crippen LogP contribution in [0.5, 0.6) is 0 Å². The van der Waals surface area contributed by atoms with Crippen molar-refractivity contribution in [1.82, 2.24) is 4.90 Å². The van der Waals surface area contributed by atoms with Gasteiger partial charge in [-0.05, 0) is 66.9 Å². The number of benzene rings is 1. The fourth-order valence-electron chi connectivity index (χ4n) is 3.45. The van der Waals surface area contributed by atoms with Gasteiger partial charge in [-0.3, -0.25) is 4.90 Å². The molecule has 2 saturated heterocycles. The number of hydrogen-bond acceptors (Lipinski definition) is 3. The average Bonchev–Trinajstić information content (AvgIpc) is 2.59. The number of rotatable bonds is 1. The predicted octanol–water partition coefficient (Wildman–Crippen LogP) is 3.01. The van der Waals surface area contributed by atoms with Crippen molar-refractivity contribution >= 4 is 27.3 Å². The fraction of sp³-hybridized carbons (Fsp3) is 0.600. The highest BCUT2D eigenvalue weighted by Gasteiger charge is 2.35. The van der Waals surface area contributed by atoms with Crippen LogP contribution in [0.4, 0.5) is 11.4 Å². The number of nitrogens with zero attached hydrogens (tertiary/aromatic N) is 2. The molecule has 0 aliphatic carbocycles. The van der Waals surface area contributed by atoms with Gasteiger partial charge in [0.2, 0.25) is 0 Å². The molecular weight excluding hydrogens is 302 g/mol. The van der Waals surface area contributed by atoms with Crippen LogP contribution in [0.25, 0.3) is 0 Å². The van der Waals surface area contributed by atoms with Gasteiger partial charge in [0.25, 0.3) is 0 Å². The Kier molecular flexibility index (Phi) is 3.48. The van der Waals surface area contributed by atoms with E-state index < -0.39 is 0 Å². The SMILES string of the molecule is Cc1cc(N2CCC3CCC(C2)N3C)c(Br)cc1N. The average molecular weight is 324 g/mol. The van der Waals surface area contributed by atoms with Crippen LogP contribution in [0, 0.1) is 6.92 Å². The van der Waals surface area contributed by atoms with Crippen molar-refractivity contribution in [2.24, 2.45) is 0 Å². The Balaban J connectivity index is 1.89. The largest absolute Gasteiger partial charge is 0.398 e. The van der Waals surface area contributed by atoms with E-state index in [4.69, 9.17) is 5.73 Å². The molecule has 0 saturated carbocycles. The summed E-state index contributed by atoms with van der Waals surface area (Å²) >= 11 is 3.68. The molecule has 2 fully saturated rings. The van der Waals surface area contributed by atoms with Gasteiger partial charge in [0, 0.05) is 35.3 Å². The van der Waals surface area contributed by atoms with Crippen molar-refractivity contribution in [2.45, 2.75) is 38.3 Å². The molecule has 2 N–H and O–H groups in total. The van der Waals surface area contributed by atoms with Gasteiger partial charge in [-0.1, -0.05) is 0 Å². The monoisotopic (exact) mass is 323 g/mol. The third-order valence-corrected chi connectivity index (χ3v) is 5.46. The van der Waals surface area contributed by atoms with Crippen LogP contribution in [0.3, 0.4) is 0 Å². The summed E-state index contributed by atoms with van der Waals surface area (Å²) in [6.07, 6.45) is 3.98. The lowest BCUT2D eigenvalue weighted by Crippen LogP contribution is -2.36. The molecule has 0 spiro atoms. The number of nitrogen functional groups attached to an aromatic ring is 1. The van der Waals surface area contributed by atoms with E-state index in [0.29, 0.717) is 6.04 Å². The van der Waals surface area contributed by atoms with E-state index in [-0.39, 0.29) is 0 Å². The van der Waals surface area contributed by atoms with E-state index in [2.05, 4.69) is 45.8 Å². The first-order valence-electron chi connectivity index (χ1n) is 7.09. The second-order valence-electron chi connectivity index (χ2n) is 5.95. The molecule has 19 heavy (non-hydrogen) atoms. The van der Waals surface area contributed by atoms with Crippen LogP contribution < -0.4 is 10.6 Å². The molecule has 0 radical (unpaired) electrons. The molecule has 2 atom stereocenters. The first-order valence-corrected chi connectivity index (χ1v) is 7.88. The molecule has 0 amide bonds. The number of halogens is 1. The minimum Gasteiger partial charge on any atom is -0.398 e. The lowest BCUT2D eigenvalue weighted by Gasteiger charge is -2.29. The molecule has 2 heterocycles. The summed E-state index contributed by atoms with van der Waals surface area (Å²) in [6.45, 7) is 4.36. The zero-order valence-corrected chi connectivity index (χ0v) is 13.3. The molecule has 2 aliphatic rings. The third kappa shape index (κ3) is 2.36. The number of fused-ring (bicyclic) bond motifs is 2. The minimum atomic E-state index is 0.706. The second kappa shape index (κ2) is 4.98. The molecule has 0 aromatic heterocycles. The zero-order chi connectivity index (χ0) is 13.6. The van der Waals surface area contributed by atoms with Gasteiger partial charge in [0.15, 0.2) is 0 Å². The maximum absolute atomic E-state index is 5.98. The van der Waals surface area contributed by atoms with Crippen LogP contribution in [-0.4, -0.2) is 37.1 Å². The molecular formula is C15H22BrN3. The third-order valence-electron chi connectivity index (χ3n) is 4.82. The Hall–Kier alpha value is -0.740. The topological polar surface area (TPSA) is 32.5 Å². The van der Waals surface area contributed by atoms with E-state index in [0.717, 1.165) is 29.3 Å². The fourth-order valence-corrected chi connectivity index (χ4v) is 4.06. The highest BCUT2D eigenvalue weighted by molar-refractivity contribution is 9.10. The smallest absolute Gasteiger partial charge is 0.0515 e. The van der Waals surface area contributed by atoms with Crippen LogP contribution in [0.15, 0.2) is 16.6 Å². The molecule has 3 rings (SSSR count). The van der Waals surface area contributed by atoms with Crippen molar-refractivity contribution in [3.63, 3.8) is 0 Å². The zero-order valence-electron chi connectivity index (χ0n) is 11.7. The molecule has 2 bridgehead atoms. The maximum atomic E-state index is 5.98. The van der Waals surface area contributed by atoms with Gasteiger partial charge in [-0.15, -0.1) is 0 Å².